The minimum absolute atomic E-state index is 0.126. The van der Waals surface area contributed by atoms with E-state index in [4.69, 9.17) is 27.9 Å². The SMILES string of the molecule is CC(C)CC(C(=O)N1CCOCC1)N1C(=O)c2cc(Cl)c(Cl)cc2C1=O. The summed E-state index contributed by atoms with van der Waals surface area (Å²) in [5.41, 5.74) is 0.376. The summed E-state index contributed by atoms with van der Waals surface area (Å²) in [6, 6.07) is 1.94. The molecule has 0 spiro atoms. The lowest BCUT2D eigenvalue weighted by Crippen LogP contribution is -2.53. The van der Waals surface area contributed by atoms with Gasteiger partial charge in [0.2, 0.25) is 5.91 Å². The van der Waals surface area contributed by atoms with Crippen LogP contribution in [0.3, 0.4) is 0 Å². The number of fused-ring (bicyclic) bond motifs is 1. The summed E-state index contributed by atoms with van der Waals surface area (Å²) >= 11 is 12.0. The lowest BCUT2D eigenvalue weighted by atomic mass is 10.0. The van der Waals surface area contributed by atoms with Crippen molar-refractivity contribution >= 4 is 40.9 Å². The van der Waals surface area contributed by atoms with Crippen LogP contribution in [0.25, 0.3) is 0 Å². The number of rotatable bonds is 4. The number of hydrogen-bond acceptors (Lipinski definition) is 4. The van der Waals surface area contributed by atoms with E-state index in [1.165, 1.54) is 12.1 Å². The number of nitrogens with zero attached hydrogens (tertiary/aromatic N) is 2. The summed E-state index contributed by atoms with van der Waals surface area (Å²) in [6.07, 6.45) is 0.392. The van der Waals surface area contributed by atoms with Crippen LogP contribution in [0.2, 0.25) is 10.0 Å². The Morgan fingerprint density at radius 2 is 1.58 bits per heavy atom. The molecular weight excluding hydrogens is 379 g/mol. The predicted molar refractivity (Wildman–Crippen MR) is 97.6 cm³/mol. The van der Waals surface area contributed by atoms with Gasteiger partial charge >= 0.3 is 0 Å². The molecule has 0 aromatic heterocycles. The largest absolute Gasteiger partial charge is 0.378 e. The Morgan fingerprint density at radius 1 is 1.08 bits per heavy atom. The molecule has 1 unspecified atom stereocenters. The molecule has 1 aromatic carbocycles. The van der Waals surface area contributed by atoms with E-state index in [2.05, 4.69) is 0 Å². The zero-order valence-electron chi connectivity index (χ0n) is 14.6. The van der Waals surface area contributed by atoms with E-state index in [0.29, 0.717) is 32.7 Å². The first-order chi connectivity index (χ1) is 12.3. The average Bonchev–Trinajstić information content (AvgIpc) is 2.84. The topological polar surface area (TPSA) is 66.9 Å². The molecule has 3 amide bonds. The van der Waals surface area contributed by atoms with Crippen molar-refractivity contribution in [2.45, 2.75) is 26.3 Å². The van der Waals surface area contributed by atoms with Gasteiger partial charge in [0.1, 0.15) is 6.04 Å². The molecular formula is C18H20Cl2N2O4. The van der Waals surface area contributed by atoms with Gasteiger partial charge < -0.3 is 9.64 Å². The molecule has 3 rings (SSSR count). The van der Waals surface area contributed by atoms with E-state index in [9.17, 15) is 14.4 Å². The second kappa shape index (κ2) is 7.55. The Labute approximate surface area is 162 Å². The fourth-order valence-electron chi connectivity index (χ4n) is 3.29. The molecule has 2 aliphatic rings. The highest BCUT2D eigenvalue weighted by Crippen LogP contribution is 2.33. The molecule has 1 aromatic rings. The van der Waals surface area contributed by atoms with Crippen molar-refractivity contribution < 1.29 is 19.1 Å². The number of amides is 3. The Morgan fingerprint density at radius 3 is 2.04 bits per heavy atom. The third-order valence-electron chi connectivity index (χ3n) is 4.57. The monoisotopic (exact) mass is 398 g/mol. The van der Waals surface area contributed by atoms with Gasteiger partial charge in [-0.1, -0.05) is 37.0 Å². The number of carbonyl (C=O) groups excluding carboxylic acids is 3. The molecule has 0 aliphatic carbocycles. The minimum atomic E-state index is -0.849. The lowest BCUT2D eigenvalue weighted by molar-refractivity contribution is -0.140. The van der Waals surface area contributed by atoms with Gasteiger partial charge in [-0.3, -0.25) is 19.3 Å². The van der Waals surface area contributed by atoms with E-state index in [0.717, 1.165) is 4.90 Å². The Bertz CT molecular complexity index is 719. The summed E-state index contributed by atoms with van der Waals surface area (Å²) in [4.78, 5) is 41.6. The van der Waals surface area contributed by atoms with Crippen LogP contribution < -0.4 is 0 Å². The predicted octanol–water partition coefficient (Wildman–Crippen LogP) is 2.86. The molecule has 2 aliphatic heterocycles. The first-order valence-corrected chi connectivity index (χ1v) is 9.30. The van der Waals surface area contributed by atoms with Crippen LogP contribution in [0, 0.1) is 5.92 Å². The first-order valence-electron chi connectivity index (χ1n) is 8.54. The fraction of sp³-hybridized carbons (Fsp3) is 0.500. The van der Waals surface area contributed by atoms with Crippen molar-refractivity contribution in [1.82, 2.24) is 9.80 Å². The molecule has 1 atom stereocenters. The van der Waals surface area contributed by atoms with Crippen LogP contribution in [-0.4, -0.2) is 59.9 Å². The standard InChI is InChI=1S/C18H20Cl2N2O4/c1-10(2)7-15(18(25)21-3-5-26-6-4-21)22-16(23)11-8-13(19)14(20)9-12(11)17(22)24/h8-10,15H,3-7H2,1-2H3. The molecule has 26 heavy (non-hydrogen) atoms. The third-order valence-corrected chi connectivity index (χ3v) is 5.30. The molecule has 8 heteroatoms. The van der Waals surface area contributed by atoms with Crippen LogP contribution in [0.4, 0.5) is 0 Å². The van der Waals surface area contributed by atoms with Gasteiger partial charge in [-0.05, 0) is 24.5 Å². The van der Waals surface area contributed by atoms with Gasteiger partial charge in [0, 0.05) is 13.1 Å². The molecule has 0 radical (unpaired) electrons. The van der Waals surface area contributed by atoms with Gasteiger partial charge in [-0.2, -0.15) is 0 Å². The lowest BCUT2D eigenvalue weighted by Gasteiger charge is -2.34. The van der Waals surface area contributed by atoms with Crippen LogP contribution >= 0.6 is 23.2 Å². The van der Waals surface area contributed by atoms with Crippen molar-refractivity contribution in [2.24, 2.45) is 5.92 Å². The number of halogens is 2. The van der Waals surface area contributed by atoms with E-state index >= 15 is 0 Å². The van der Waals surface area contributed by atoms with Crippen molar-refractivity contribution in [2.75, 3.05) is 26.3 Å². The summed E-state index contributed by atoms with van der Waals surface area (Å²) in [6.45, 7) is 5.71. The van der Waals surface area contributed by atoms with E-state index in [1.54, 1.807) is 4.90 Å². The Kier molecular flexibility index (Phi) is 5.55. The fourth-order valence-corrected chi connectivity index (χ4v) is 3.62. The smallest absolute Gasteiger partial charge is 0.262 e. The Balaban J connectivity index is 1.95. The maximum atomic E-state index is 13.1. The van der Waals surface area contributed by atoms with Crippen molar-refractivity contribution in [3.05, 3.63) is 33.3 Å². The summed E-state index contributed by atoms with van der Waals surface area (Å²) < 4.78 is 5.28. The highest BCUT2D eigenvalue weighted by molar-refractivity contribution is 6.43. The zero-order chi connectivity index (χ0) is 19.0. The number of benzene rings is 1. The van der Waals surface area contributed by atoms with Crippen molar-refractivity contribution in [3.63, 3.8) is 0 Å². The van der Waals surface area contributed by atoms with E-state index in [-0.39, 0.29) is 33.0 Å². The molecule has 1 saturated heterocycles. The van der Waals surface area contributed by atoms with Gasteiger partial charge in [0.15, 0.2) is 0 Å². The van der Waals surface area contributed by atoms with E-state index < -0.39 is 17.9 Å². The number of ether oxygens (including phenoxy) is 1. The molecule has 0 saturated carbocycles. The zero-order valence-corrected chi connectivity index (χ0v) is 16.1. The average molecular weight is 399 g/mol. The van der Waals surface area contributed by atoms with Gasteiger partial charge in [0.25, 0.3) is 11.8 Å². The second-order valence-electron chi connectivity index (χ2n) is 6.88. The quantitative estimate of drug-likeness (QED) is 0.731. The molecule has 2 heterocycles. The first kappa shape index (κ1) is 19.1. The molecule has 1 fully saturated rings. The van der Waals surface area contributed by atoms with E-state index in [1.807, 2.05) is 13.8 Å². The normalized spacial score (nSPS) is 18.5. The van der Waals surface area contributed by atoms with Gasteiger partial charge in [-0.15, -0.1) is 0 Å². The van der Waals surface area contributed by atoms with Crippen LogP contribution in [-0.2, 0) is 9.53 Å². The highest BCUT2D eigenvalue weighted by atomic mass is 35.5. The summed E-state index contributed by atoms with van der Waals surface area (Å²) in [5.74, 6) is -1.11. The maximum absolute atomic E-state index is 13.1. The van der Waals surface area contributed by atoms with Gasteiger partial charge in [0.05, 0.1) is 34.4 Å². The number of carbonyl (C=O) groups is 3. The number of morpholine rings is 1. The minimum Gasteiger partial charge on any atom is -0.378 e. The third kappa shape index (κ3) is 3.46. The van der Waals surface area contributed by atoms with Crippen LogP contribution in [0.5, 0.6) is 0 Å². The van der Waals surface area contributed by atoms with Crippen LogP contribution in [0.15, 0.2) is 12.1 Å². The highest BCUT2D eigenvalue weighted by Gasteiger charge is 2.44. The Hall–Kier alpha value is -1.63. The molecule has 0 bridgehead atoms. The molecule has 140 valence electrons. The summed E-state index contributed by atoms with van der Waals surface area (Å²) in [7, 11) is 0. The summed E-state index contributed by atoms with van der Waals surface area (Å²) in [5, 5.41) is 0.404. The number of hydrogen-bond donors (Lipinski definition) is 0. The second-order valence-corrected chi connectivity index (χ2v) is 7.69. The van der Waals surface area contributed by atoms with Crippen molar-refractivity contribution in [1.29, 1.82) is 0 Å². The number of imide groups is 1. The maximum Gasteiger partial charge on any atom is 0.262 e. The molecule has 6 nitrogen and oxygen atoms in total. The molecule has 0 N–H and O–H groups in total. The van der Waals surface area contributed by atoms with Crippen LogP contribution in [0.1, 0.15) is 41.0 Å². The van der Waals surface area contributed by atoms with Crippen molar-refractivity contribution in [3.8, 4) is 0 Å². The van der Waals surface area contributed by atoms with Gasteiger partial charge in [-0.25, -0.2) is 0 Å².